The summed E-state index contributed by atoms with van der Waals surface area (Å²) in [5.41, 5.74) is 3.88. The van der Waals surface area contributed by atoms with E-state index in [1.165, 1.54) is 0 Å². The highest BCUT2D eigenvalue weighted by Crippen LogP contribution is 2.47. The number of rotatable bonds is 4. The van der Waals surface area contributed by atoms with E-state index in [-0.39, 0.29) is 18.1 Å². The first kappa shape index (κ1) is 20.5. The molecule has 1 atom stereocenters. The molecule has 0 amide bonds. The number of hydrogen-bond donors (Lipinski definition) is 2. The Bertz CT molecular complexity index is 1260. The van der Waals surface area contributed by atoms with Gasteiger partial charge < -0.3 is 19.7 Å². The minimum atomic E-state index is -3.54. The Morgan fingerprint density at radius 3 is 2.55 bits per heavy atom. The molecule has 31 heavy (non-hydrogen) atoms. The van der Waals surface area contributed by atoms with Gasteiger partial charge in [0.25, 0.3) is 0 Å². The molecule has 0 bridgehead atoms. The molecule has 1 fully saturated rings. The van der Waals surface area contributed by atoms with Gasteiger partial charge in [-0.1, -0.05) is 17.7 Å². The molecular formula is C23H27N3O4S. The van der Waals surface area contributed by atoms with Gasteiger partial charge in [0, 0.05) is 49.2 Å². The van der Waals surface area contributed by atoms with E-state index >= 15 is 0 Å². The molecule has 0 aliphatic carbocycles. The lowest BCUT2D eigenvalue weighted by molar-refractivity contribution is 0.121. The molecule has 1 saturated heterocycles. The van der Waals surface area contributed by atoms with Gasteiger partial charge in [-0.2, -0.15) is 4.31 Å². The maximum Gasteiger partial charge on any atom is 0.243 e. The normalized spacial score (nSPS) is 20.6. The van der Waals surface area contributed by atoms with Crippen molar-refractivity contribution < 1.29 is 18.3 Å². The molecule has 2 aliphatic heterocycles. The summed E-state index contributed by atoms with van der Waals surface area (Å²) in [6.45, 7) is 3.36. The summed E-state index contributed by atoms with van der Waals surface area (Å²) < 4.78 is 35.4. The first-order valence-corrected chi connectivity index (χ1v) is 11.8. The summed E-state index contributed by atoms with van der Waals surface area (Å²) in [7, 11) is 0.0880. The molecule has 2 aromatic carbocycles. The molecule has 8 heteroatoms. The highest BCUT2D eigenvalue weighted by atomic mass is 32.2. The lowest BCUT2D eigenvalue weighted by Gasteiger charge is -2.52. The number of aliphatic hydroxyl groups is 1. The van der Waals surface area contributed by atoms with E-state index in [2.05, 4.69) is 9.88 Å². The third-order valence-electron chi connectivity index (χ3n) is 6.80. The predicted molar refractivity (Wildman–Crippen MR) is 119 cm³/mol. The smallest absolute Gasteiger partial charge is 0.243 e. The lowest BCUT2D eigenvalue weighted by Crippen LogP contribution is -2.67. The summed E-state index contributed by atoms with van der Waals surface area (Å²) >= 11 is 0. The average Bonchev–Trinajstić information content (AvgIpc) is 3.04. The van der Waals surface area contributed by atoms with E-state index in [1.807, 2.05) is 44.3 Å². The molecule has 2 aliphatic rings. The molecule has 3 aromatic rings. The minimum absolute atomic E-state index is 0.0181. The quantitative estimate of drug-likeness (QED) is 0.648. The third-order valence-corrected chi connectivity index (χ3v) is 8.61. The number of benzene rings is 2. The second-order valence-corrected chi connectivity index (χ2v) is 10.6. The SMILES string of the molecule is COc1ccc2c3c(n(C)c2c1)[C@H](CO)NCC31CN(S(=O)(=O)c2ccc(C)cc2)C1. The summed E-state index contributed by atoms with van der Waals surface area (Å²) in [6.07, 6.45) is 0. The van der Waals surface area contributed by atoms with Gasteiger partial charge in [-0.15, -0.1) is 0 Å². The standard InChI is InChI=1S/C23H27N3O4S/c1-15-4-7-17(8-5-15)31(28,29)26-13-23(14-26)12-24-19(11-27)22-21(23)18-9-6-16(30-3)10-20(18)25(22)2/h4-10,19,24,27H,11-14H2,1-3H3/t19-/m0/s1. The summed E-state index contributed by atoms with van der Waals surface area (Å²) in [5.74, 6) is 0.769. The molecule has 2 N–H and O–H groups in total. The van der Waals surface area contributed by atoms with Gasteiger partial charge in [0.15, 0.2) is 0 Å². The first-order valence-electron chi connectivity index (χ1n) is 10.4. The fourth-order valence-corrected chi connectivity index (χ4v) is 6.72. The Balaban J connectivity index is 1.57. The molecule has 1 aromatic heterocycles. The van der Waals surface area contributed by atoms with Crippen molar-refractivity contribution in [2.24, 2.45) is 7.05 Å². The fourth-order valence-electron chi connectivity index (χ4n) is 5.11. The zero-order valence-corrected chi connectivity index (χ0v) is 18.7. The van der Waals surface area contributed by atoms with Crippen molar-refractivity contribution in [1.82, 2.24) is 14.2 Å². The van der Waals surface area contributed by atoms with Crippen LogP contribution in [0.3, 0.4) is 0 Å². The Morgan fingerprint density at radius 1 is 1.19 bits per heavy atom. The number of aromatic nitrogens is 1. The Kier molecular flexibility index (Phi) is 4.67. The number of ether oxygens (including phenoxy) is 1. The lowest BCUT2D eigenvalue weighted by atomic mass is 9.70. The molecular weight excluding hydrogens is 414 g/mol. The number of methoxy groups -OCH3 is 1. The molecule has 1 spiro atoms. The maximum absolute atomic E-state index is 13.2. The van der Waals surface area contributed by atoms with Gasteiger partial charge in [-0.05, 0) is 36.8 Å². The number of nitrogens with one attached hydrogen (secondary N) is 1. The van der Waals surface area contributed by atoms with Gasteiger partial charge in [-0.25, -0.2) is 8.42 Å². The Morgan fingerprint density at radius 2 is 1.90 bits per heavy atom. The van der Waals surface area contributed by atoms with E-state index in [0.717, 1.165) is 33.5 Å². The van der Waals surface area contributed by atoms with Gasteiger partial charge >= 0.3 is 0 Å². The molecule has 3 heterocycles. The van der Waals surface area contributed by atoms with Crippen molar-refractivity contribution in [3.63, 3.8) is 0 Å². The van der Waals surface area contributed by atoms with Crippen LogP contribution in [0.1, 0.15) is 22.9 Å². The number of sulfonamides is 1. The fraction of sp³-hybridized carbons (Fsp3) is 0.391. The van der Waals surface area contributed by atoms with Crippen molar-refractivity contribution in [3.05, 3.63) is 59.3 Å². The molecule has 164 valence electrons. The maximum atomic E-state index is 13.2. The van der Waals surface area contributed by atoms with Crippen LogP contribution in [0, 0.1) is 6.92 Å². The molecule has 7 nitrogen and oxygen atoms in total. The number of aryl methyl sites for hydroxylation is 2. The zero-order chi connectivity index (χ0) is 22.0. The van der Waals surface area contributed by atoms with E-state index in [9.17, 15) is 13.5 Å². The number of fused-ring (bicyclic) bond motifs is 4. The van der Waals surface area contributed by atoms with Crippen LogP contribution in [-0.4, -0.2) is 55.7 Å². The second kappa shape index (κ2) is 7.06. The van der Waals surface area contributed by atoms with Crippen LogP contribution in [-0.2, 0) is 22.5 Å². The Hall–Kier alpha value is -2.39. The number of nitrogens with zero attached hydrogens (tertiary/aromatic N) is 2. The molecule has 5 rings (SSSR count). The summed E-state index contributed by atoms with van der Waals surface area (Å²) in [5, 5.41) is 14.5. The van der Waals surface area contributed by atoms with E-state index in [0.29, 0.717) is 24.5 Å². The highest BCUT2D eigenvalue weighted by molar-refractivity contribution is 7.89. The van der Waals surface area contributed by atoms with Crippen LogP contribution < -0.4 is 10.1 Å². The van der Waals surface area contributed by atoms with Gasteiger partial charge in [0.05, 0.1) is 30.2 Å². The van der Waals surface area contributed by atoms with Crippen LogP contribution in [0.25, 0.3) is 10.9 Å². The van der Waals surface area contributed by atoms with Crippen LogP contribution in [0.5, 0.6) is 5.75 Å². The molecule has 0 radical (unpaired) electrons. The van der Waals surface area contributed by atoms with Crippen molar-refractivity contribution in [3.8, 4) is 5.75 Å². The number of hydrogen-bond acceptors (Lipinski definition) is 5. The van der Waals surface area contributed by atoms with Gasteiger partial charge in [0.2, 0.25) is 10.0 Å². The van der Waals surface area contributed by atoms with E-state index < -0.39 is 10.0 Å². The van der Waals surface area contributed by atoms with Crippen molar-refractivity contribution in [2.75, 3.05) is 33.4 Å². The van der Waals surface area contributed by atoms with Crippen LogP contribution >= 0.6 is 0 Å². The van der Waals surface area contributed by atoms with Crippen molar-refractivity contribution >= 4 is 20.9 Å². The zero-order valence-electron chi connectivity index (χ0n) is 17.9. The molecule has 0 unspecified atom stereocenters. The van der Waals surface area contributed by atoms with E-state index in [4.69, 9.17) is 4.74 Å². The monoisotopic (exact) mass is 441 g/mol. The Labute approximate surface area is 182 Å². The van der Waals surface area contributed by atoms with Crippen LogP contribution in [0.4, 0.5) is 0 Å². The number of aliphatic hydroxyl groups excluding tert-OH is 1. The van der Waals surface area contributed by atoms with E-state index in [1.54, 1.807) is 23.5 Å². The van der Waals surface area contributed by atoms with Gasteiger partial charge in [-0.3, -0.25) is 0 Å². The summed E-state index contributed by atoms with van der Waals surface area (Å²) in [4.78, 5) is 0.327. The largest absolute Gasteiger partial charge is 0.497 e. The topological polar surface area (TPSA) is 83.8 Å². The average molecular weight is 442 g/mol. The highest BCUT2D eigenvalue weighted by Gasteiger charge is 2.54. The third kappa shape index (κ3) is 2.93. The van der Waals surface area contributed by atoms with Gasteiger partial charge in [0.1, 0.15) is 5.75 Å². The first-order chi connectivity index (χ1) is 14.8. The second-order valence-electron chi connectivity index (χ2n) is 8.68. The summed E-state index contributed by atoms with van der Waals surface area (Å²) in [6, 6.07) is 12.8. The van der Waals surface area contributed by atoms with Crippen LogP contribution in [0.2, 0.25) is 0 Å². The van der Waals surface area contributed by atoms with Crippen molar-refractivity contribution in [1.29, 1.82) is 0 Å². The van der Waals surface area contributed by atoms with Crippen LogP contribution in [0.15, 0.2) is 47.4 Å². The molecule has 0 saturated carbocycles. The minimum Gasteiger partial charge on any atom is -0.497 e. The van der Waals surface area contributed by atoms with Crippen molar-refractivity contribution in [2.45, 2.75) is 23.3 Å². The predicted octanol–water partition coefficient (Wildman–Crippen LogP) is 2.07.